The minimum Gasteiger partial charge on any atom is -1.00 e. The second kappa shape index (κ2) is 10.7. The molecule has 0 N–H and O–H groups in total. The number of allylic oxidation sites excluding steroid dienone is 4. The predicted octanol–water partition coefficient (Wildman–Crippen LogP) is -1.33. The van der Waals surface area contributed by atoms with Crippen LogP contribution in [0.4, 0.5) is 0 Å². The monoisotopic (exact) mass is 547 g/mol. The van der Waals surface area contributed by atoms with Crippen LogP contribution in [0.3, 0.4) is 0 Å². The zero-order chi connectivity index (χ0) is 20.1. The van der Waals surface area contributed by atoms with Crippen molar-refractivity contribution in [3.05, 3.63) is 74.0 Å². The number of benzene rings is 2. The molecule has 2 aromatic carbocycles. The molecule has 0 bridgehead atoms. The minimum atomic E-state index is -1.76. The average molecular weight is 550 g/mol. The van der Waals surface area contributed by atoms with Gasteiger partial charge in [0.1, 0.15) is 0 Å². The van der Waals surface area contributed by atoms with Crippen LogP contribution in [0.5, 0.6) is 11.5 Å². The van der Waals surface area contributed by atoms with E-state index in [2.05, 4.69) is 75.6 Å². The molecule has 161 valence electrons. The van der Waals surface area contributed by atoms with Gasteiger partial charge in [0.05, 0.1) is 18.1 Å². The molecule has 2 nitrogen and oxygen atoms in total. The Bertz CT molecular complexity index is 1240. The topological polar surface area (TPSA) is 18.5 Å². The van der Waals surface area contributed by atoms with Gasteiger partial charge in [-0.15, -0.1) is 22.9 Å². The van der Waals surface area contributed by atoms with Crippen molar-refractivity contribution in [3.8, 4) is 11.5 Å². The van der Waals surface area contributed by atoms with Gasteiger partial charge < -0.3 is 34.0 Å². The number of hydrogen-bond donors (Lipinski definition) is 0. The molecular formula is C25H27Cl2O2SiZr. The van der Waals surface area contributed by atoms with Crippen LogP contribution in [-0.2, 0) is 26.2 Å². The smallest absolute Gasteiger partial charge is 1.00 e. The summed E-state index contributed by atoms with van der Waals surface area (Å²) in [6.07, 6.45) is 11.1. The van der Waals surface area contributed by atoms with E-state index in [0.29, 0.717) is 6.61 Å². The molecule has 2 aliphatic carbocycles. The molecule has 0 amide bonds. The van der Waals surface area contributed by atoms with Gasteiger partial charge in [0.2, 0.25) is 8.32 Å². The molecular weight excluding hydrogens is 522 g/mol. The molecule has 6 heteroatoms. The van der Waals surface area contributed by atoms with Crippen molar-refractivity contribution in [1.29, 1.82) is 0 Å². The zero-order valence-corrected chi connectivity index (χ0v) is 23.6. The van der Waals surface area contributed by atoms with Crippen molar-refractivity contribution in [3.63, 3.8) is 0 Å². The second-order valence-corrected chi connectivity index (χ2v) is 12.8. The molecule has 0 fully saturated rings. The van der Waals surface area contributed by atoms with E-state index < -0.39 is 8.32 Å². The number of rotatable bonds is 5. The molecule has 2 aliphatic rings. The minimum absolute atomic E-state index is 0. The Morgan fingerprint density at radius 2 is 1.84 bits per heavy atom. The molecule has 0 aliphatic heterocycles. The average Bonchev–Trinajstić information content (AvgIpc) is 3.26. The van der Waals surface area contributed by atoms with E-state index in [-0.39, 0.29) is 51.0 Å². The van der Waals surface area contributed by atoms with Gasteiger partial charge in [0.25, 0.3) is 0 Å². The van der Waals surface area contributed by atoms with E-state index in [1.165, 1.54) is 11.1 Å². The fourth-order valence-corrected chi connectivity index (χ4v) is 4.85. The van der Waals surface area contributed by atoms with Gasteiger partial charge in [-0.2, -0.15) is 0 Å². The Morgan fingerprint density at radius 3 is 2.42 bits per heavy atom. The van der Waals surface area contributed by atoms with E-state index in [1.807, 2.05) is 6.92 Å². The van der Waals surface area contributed by atoms with Crippen LogP contribution in [0.2, 0.25) is 19.6 Å². The molecule has 0 spiro atoms. The van der Waals surface area contributed by atoms with Crippen molar-refractivity contribution in [2.75, 3.05) is 6.61 Å². The standard InChI is InChI=1S/C25H27O2Si.2ClH.Zr/c1-7-26-25-17(3)16(2)22(18-11-8-9-12-18)20-15-19-13-10-14-21(23(19)24(20)25)27-28(4,5)6;;;/h8-11,13-14H,2,7,12H2,1,3-6H3;2*1H;/q-1;;;+3/p-2. The predicted molar refractivity (Wildman–Crippen MR) is 119 cm³/mol. The molecule has 4 rings (SSSR count). The molecule has 1 radical (unpaired) electrons. The summed E-state index contributed by atoms with van der Waals surface area (Å²) < 4.78 is 12.6. The summed E-state index contributed by atoms with van der Waals surface area (Å²) in [6.45, 7) is 15.8. The third kappa shape index (κ3) is 5.14. The molecule has 2 aromatic rings. The van der Waals surface area contributed by atoms with Crippen LogP contribution >= 0.6 is 0 Å². The Labute approximate surface area is 217 Å². The Morgan fingerprint density at radius 1 is 1.13 bits per heavy atom. The SMILES string of the molecule is C=c1c(C)c(OCC)c2c(c1C1=CC=CC1)[C-]=c1cccc(O[Si](C)(C)C)c1=2.[Cl-].[Cl-].[Zr+3]. The first-order valence-electron chi connectivity index (χ1n) is 9.92. The molecule has 0 heterocycles. The normalized spacial score (nSPS) is 13.0. The van der Waals surface area contributed by atoms with Crippen molar-refractivity contribution in [2.45, 2.75) is 39.9 Å². The van der Waals surface area contributed by atoms with Crippen LogP contribution < -0.4 is 44.4 Å². The molecule has 0 aromatic heterocycles. The summed E-state index contributed by atoms with van der Waals surface area (Å²) >= 11 is 0. The number of hydrogen-bond acceptors (Lipinski definition) is 2. The molecule has 31 heavy (non-hydrogen) atoms. The van der Waals surface area contributed by atoms with Gasteiger partial charge in [-0.3, -0.25) is 0 Å². The van der Waals surface area contributed by atoms with Crippen molar-refractivity contribution < 1.29 is 60.2 Å². The van der Waals surface area contributed by atoms with E-state index in [0.717, 1.165) is 49.9 Å². The van der Waals surface area contributed by atoms with Gasteiger partial charge in [0.15, 0.2) is 0 Å². The van der Waals surface area contributed by atoms with Crippen LogP contribution in [0.1, 0.15) is 30.0 Å². The maximum absolute atomic E-state index is 6.47. The van der Waals surface area contributed by atoms with Gasteiger partial charge in [-0.1, -0.05) is 57.7 Å². The van der Waals surface area contributed by atoms with E-state index in [4.69, 9.17) is 9.16 Å². The third-order valence-electron chi connectivity index (χ3n) is 5.16. The summed E-state index contributed by atoms with van der Waals surface area (Å²) in [6, 6.07) is 6.25. The van der Waals surface area contributed by atoms with Crippen LogP contribution in [0.25, 0.3) is 18.2 Å². The fraction of sp³-hybridized carbons (Fsp3) is 0.280. The van der Waals surface area contributed by atoms with E-state index >= 15 is 0 Å². The Kier molecular flexibility index (Phi) is 9.66. The van der Waals surface area contributed by atoms with Gasteiger partial charge in [-0.05, 0) is 51.5 Å². The van der Waals surface area contributed by atoms with Crippen LogP contribution in [0, 0.1) is 17.4 Å². The van der Waals surface area contributed by atoms with Crippen molar-refractivity contribution in [1.82, 2.24) is 0 Å². The van der Waals surface area contributed by atoms with Crippen LogP contribution in [-0.4, -0.2) is 14.9 Å². The van der Waals surface area contributed by atoms with E-state index in [1.54, 1.807) is 0 Å². The first-order chi connectivity index (χ1) is 13.3. The summed E-state index contributed by atoms with van der Waals surface area (Å²) in [5.41, 5.74) is 4.67. The number of ether oxygens (including phenoxy) is 1. The molecule has 0 saturated heterocycles. The quantitative estimate of drug-likeness (QED) is 0.290. The molecule has 0 saturated carbocycles. The summed E-state index contributed by atoms with van der Waals surface area (Å²) in [4.78, 5) is 0. The molecule has 0 atom stereocenters. The maximum Gasteiger partial charge on any atom is 3.00 e. The number of fused-ring (bicyclic) bond motifs is 2. The Hall–Kier alpha value is -1.06. The summed E-state index contributed by atoms with van der Waals surface area (Å²) in [7, 11) is -1.76. The zero-order valence-electron chi connectivity index (χ0n) is 18.7. The third-order valence-corrected chi connectivity index (χ3v) is 5.99. The van der Waals surface area contributed by atoms with Crippen LogP contribution in [0.15, 0.2) is 36.4 Å². The van der Waals surface area contributed by atoms with Crippen molar-refractivity contribution in [2.24, 2.45) is 0 Å². The second-order valence-electron chi connectivity index (χ2n) is 8.33. The summed E-state index contributed by atoms with van der Waals surface area (Å²) in [5.74, 6) is 1.85. The van der Waals surface area contributed by atoms with Gasteiger partial charge in [-0.25, -0.2) is 0 Å². The maximum atomic E-state index is 6.47. The summed E-state index contributed by atoms with van der Waals surface area (Å²) in [5, 5.41) is 4.33. The van der Waals surface area contributed by atoms with Gasteiger partial charge in [0, 0.05) is 0 Å². The van der Waals surface area contributed by atoms with E-state index in [9.17, 15) is 0 Å². The first kappa shape index (κ1) is 28.0. The Balaban J connectivity index is 0.00000160. The fourth-order valence-electron chi connectivity index (χ4n) is 4.02. The first-order valence-corrected chi connectivity index (χ1v) is 13.3. The molecule has 0 unspecified atom stereocenters. The van der Waals surface area contributed by atoms with Gasteiger partial charge >= 0.3 is 26.2 Å². The largest absolute Gasteiger partial charge is 3.00 e. The number of halogens is 2. The van der Waals surface area contributed by atoms with Crippen molar-refractivity contribution >= 4 is 26.5 Å².